The molecule has 94 valence electrons. The summed E-state index contributed by atoms with van der Waals surface area (Å²) in [5.41, 5.74) is 6.49. The molecule has 0 saturated heterocycles. The van der Waals surface area contributed by atoms with Crippen LogP contribution in [0.1, 0.15) is 0 Å². The Labute approximate surface area is 108 Å². The average Bonchev–Trinajstić information content (AvgIpc) is 2.39. The first-order valence-corrected chi connectivity index (χ1v) is 6.49. The van der Waals surface area contributed by atoms with Crippen LogP contribution in [0.5, 0.6) is 0 Å². The van der Waals surface area contributed by atoms with Gasteiger partial charge in [0, 0.05) is 4.90 Å². The van der Waals surface area contributed by atoms with Gasteiger partial charge in [0.1, 0.15) is 5.69 Å². The predicted molar refractivity (Wildman–Crippen MR) is 72.3 cm³/mol. The number of anilines is 3. The number of para-hydroxylation sites is 1. The summed E-state index contributed by atoms with van der Waals surface area (Å²) in [4.78, 5) is 0.931. The molecule has 0 spiro atoms. The number of halogens is 2. The van der Waals surface area contributed by atoms with Gasteiger partial charge in [-0.2, -0.15) is 0 Å². The third-order valence-electron chi connectivity index (χ3n) is 2.49. The van der Waals surface area contributed by atoms with Gasteiger partial charge < -0.3 is 11.1 Å². The fraction of sp³-hybridized carbons (Fsp3) is 0.0769. The summed E-state index contributed by atoms with van der Waals surface area (Å²) < 4.78 is 26.8. The van der Waals surface area contributed by atoms with Gasteiger partial charge in [0.15, 0.2) is 11.6 Å². The topological polar surface area (TPSA) is 38.0 Å². The zero-order valence-electron chi connectivity index (χ0n) is 9.71. The Hall–Kier alpha value is -1.75. The molecule has 0 saturated carbocycles. The number of thioether (sulfide) groups is 1. The second-order valence-electron chi connectivity index (χ2n) is 3.65. The van der Waals surface area contributed by atoms with Crippen LogP contribution >= 0.6 is 11.8 Å². The molecule has 0 aromatic heterocycles. The number of hydrogen-bond donors (Lipinski definition) is 2. The van der Waals surface area contributed by atoms with E-state index in [0.717, 1.165) is 11.0 Å². The van der Waals surface area contributed by atoms with E-state index in [4.69, 9.17) is 5.73 Å². The molecule has 0 radical (unpaired) electrons. The molecule has 2 aromatic carbocycles. The van der Waals surface area contributed by atoms with Crippen molar-refractivity contribution < 1.29 is 8.78 Å². The van der Waals surface area contributed by atoms with Gasteiger partial charge in [-0.05, 0) is 30.5 Å². The van der Waals surface area contributed by atoms with E-state index in [1.54, 1.807) is 6.07 Å². The summed E-state index contributed by atoms with van der Waals surface area (Å²) in [5, 5.41) is 2.84. The van der Waals surface area contributed by atoms with Gasteiger partial charge in [-0.15, -0.1) is 11.8 Å². The highest BCUT2D eigenvalue weighted by Crippen LogP contribution is 2.32. The van der Waals surface area contributed by atoms with Crippen molar-refractivity contribution in [3.05, 3.63) is 48.0 Å². The molecular formula is C13H12F2N2S. The molecular weight excluding hydrogens is 254 g/mol. The molecule has 2 aromatic rings. The molecule has 18 heavy (non-hydrogen) atoms. The maximum absolute atomic E-state index is 13.7. The van der Waals surface area contributed by atoms with Crippen molar-refractivity contribution in [2.24, 2.45) is 0 Å². The molecule has 2 rings (SSSR count). The highest BCUT2D eigenvalue weighted by atomic mass is 32.2. The lowest BCUT2D eigenvalue weighted by atomic mass is 10.2. The number of benzene rings is 2. The molecule has 0 unspecified atom stereocenters. The lowest BCUT2D eigenvalue weighted by Crippen LogP contribution is -2.02. The van der Waals surface area contributed by atoms with E-state index in [-0.39, 0.29) is 11.4 Å². The second-order valence-corrected chi connectivity index (χ2v) is 4.50. The lowest BCUT2D eigenvalue weighted by molar-refractivity contribution is 0.512. The minimum Gasteiger partial charge on any atom is -0.397 e. The molecule has 0 fully saturated rings. The van der Waals surface area contributed by atoms with Crippen LogP contribution in [0, 0.1) is 11.6 Å². The third kappa shape index (κ3) is 2.41. The number of nitrogens with one attached hydrogen (secondary N) is 1. The maximum Gasteiger partial charge on any atom is 0.184 e. The van der Waals surface area contributed by atoms with Gasteiger partial charge in [0.05, 0.1) is 11.4 Å². The van der Waals surface area contributed by atoms with Crippen LogP contribution in [0.2, 0.25) is 0 Å². The maximum atomic E-state index is 13.7. The standard InChI is InChI=1S/C13H12F2N2S/c1-18-11-5-3-2-4-10(11)17-13-9(16)7-6-8(14)12(13)15/h2-7,17H,16H2,1H3. The van der Waals surface area contributed by atoms with Crippen molar-refractivity contribution in [2.45, 2.75) is 4.90 Å². The molecule has 0 amide bonds. The van der Waals surface area contributed by atoms with Crippen LogP contribution < -0.4 is 11.1 Å². The highest BCUT2D eigenvalue weighted by Gasteiger charge is 2.13. The van der Waals surface area contributed by atoms with Crippen molar-refractivity contribution in [1.29, 1.82) is 0 Å². The Morgan fingerprint density at radius 3 is 2.56 bits per heavy atom. The fourth-order valence-corrected chi connectivity index (χ4v) is 2.13. The minimum atomic E-state index is -0.967. The van der Waals surface area contributed by atoms with Gasteiger partial charge in [-0.1, -0.05) is 12.1 Å². The molecule has 5 heteroatoms. The summed E-state index contributed by atoms with van der Waals surface area (Å²) in [5.74, 6) is -1.89. The normalized spacial score (nSPS) is 10.4. The van der Waals surface area contributed by atoms with Crippen LogP contribution in [0.3, 0.4) is 0 Å². The summed E-state index contributed by atoms with van der Waals surface area (Å²) in [6.07, 6.45) is 1.91. The predicted octanol–water partition coefficient (Wildman–Crippen LogP) is 4.01. The molecule has 0 heterocycles. The first-order chi connectivity index (χ1) is 8.63. The zero-order chi connectivity index (χ0) is 13.1. The van der Waals surface area contributed by atoms with Crippen LogP contribution in [0.4, 0.5) is 25.8 Å². The minimum absolute atomic E-state index is 0.0310. The first-order valence-electron chi connectivity index (χ1n) is 5.27. The summed E-state index contributed by atoms with van der Waals surface area (Å²) in [7, 11) is 0. The van der Waals surface area contributed by atoms with Crippen molar-refractivity contribution >= 4 is 28.8 Å². The lowest BCUT2D eigenvalue weighted by Gasteiger charge is -2.13. The molecule has 0 bridgehead atoms. The van der Waals surface area contributed by atoms with E-state index in [0.29, 0.717) is 5.69 Å². The van der Waals surface area contributed by atoms with Crippen LogP contribution in [-0.4, -0.2) is 6.26 Å². The molecule has 2 nitrogen and oxygen atoms in total. The SMILES string of the molecule is CSc1ccccc1Nc1c(N)ccc(F)c1F. The van der Waals surface area contributed by atoms with Crippen LogP contribution in [0.25, 0.3) is 0 Å². The monoisotopic (exact) mass is 266 g/mol. The quantitative estimate of drug-likeness (QED) is 0.651. The number of nitrogens with two attached hydrogens (primary N) is 1. The highest BCUT2D eigenvalue weighted by molar-refractivity contribution is 7.98. The summed E-state index contributed by atoms with van der Waals surface area (Å²) in [6.45, 7) is 0. The molecule has 0 aliphatic heterocycles. The van der Waals surface area contributed by atoms with Crippen molar-refractivity contribution in [1.82, 2.24) is 0 Å². The Morgan fingerprint density at radius 1 is 1.11 bits per heavy atom. The van der Waals surface area contributed by atoms with E-state index >= 15 is 0 Å². The molecule has 0 atom stereocenters. The van der Waals surface area contributed by atoms with E-state index < -0.39 is 11.6 Å². The van der Waals surface area contributed by atoms with Crippen LogP contribution in [-0.2, 0) is 0 Å². The molecule has 0 aliphatic carbocycles. The molecule has 3 N–H and O–H groups in total. The largest absolute Gasteiger partial charge is 0.397 e. The smallest absolute Gasteiger partial charge is 0.184 e. The van der Waals surface area contributed by atoms with Crippen molar-refractivity contribution in [2.75, 3.05) is 17.3 Å². The van der Waals surface area contributed by atoms with Gasteiger partial charge >= 0.3 is 0 Å². The number of hydrogen-bond acceptors (Lipinski definition) is 3. The zero-order valence-corrected chi connectivity index (χ0v) is 10.5. The Morgan fingerprint density at radius 2 is 1.83 bits per heavy atom. The number of nitrogen functional groups attached to an aromatic ring is 1. The Balaban J connectivity index is 2.43. The summed E-state index contributed by atoms with van der Waals surface area (Å²) in [6, 6.07) is 9.71. The first kappa shape index (κ1) is 12.7. The number of rotatable bonds is 3. The Kier molecular flexibility index (Phi) is 3.72. The van der Waals surface area contributed by atoms with Gasteiger partial charge in [0.2, 0.25) is 0 Å². The van der Waals surface area contributed by atoms with E-state index in [1.165, 1.54) is 17.8 Å². The van der Waals surface area contributed by atoms with Crippen molar-refractivity contribution in [3.8, 4) is 0 Å². The van der Waals surface area contributed by atoms with Crippen LogP contribution in [0.15, 0.2) is 41.3 Å². The van der Waals surface area contributed by atoms with E-state index in [1.807, 2.05) is 24.5 Å². The Bertz CT molecular complexity index is 573. The van der Waals surface area contributed by atoms with Gasteiger partial charge in [-0.3, -0.25) is 0 Å². The van der Waals surface area contributed by atoms with Gasteiger partial charge in [0.25, 0.3) is 0 Å². The van der Waals surface area contributed by atoms with E-state index in [9.17, 15) is 8.78 Å². The van der Waals surface area contributed by atoms with Gasteiger partial charge in [-0.25, -0.2) is 8.78 Å². The average molecular weight is 266 g/mol. The third-order valence-corrected chi connectivity index (χ3v) is 3.29. The van der Waals surface area contributed by atoms with Crippen molar-refractivity contribution in [3.63, 3.8) is 0 Å². The summed E-state index contributed by atoms with van der Waals surface area (Å²) >= 11 is 1.51. The molecule has 0 aliphatic rings. The fourth-order valence-electron chi connectivity index (χ4n) is 1.58. The second kappa shape index (κ2) is 5.27. The van der Waals surface area contributed by atoms with E-state index in [2.05, 4.69) is 5.32 Å².